The number of hydrogen-bond donors (Lipinski definition) is 2. The third-order valence-electron chi connectivity index (χ3n) is 3.85. The van der Waals surface area contributed by atoms with Gasteiger partial charge in [0.2, 0.25) is 5.91 Å². The molecule has 1 saturated carbocycles. The van der Waals surface area contributed by atoms with E-state index in [0.717, 1.165) is 32.0 Å². The molecule has 0 atom stereocenters. The molecule has 0 bridgehead atoms. The SMILES string of the molecule is COCCNCCNC(=O)CCCC1CCCCC1. The number of hydrogen-bond acceptors (Lipinski definition) is 3. The molecule has 1 rings (SSSR count). The largest absolute Gasteiger partial charge is 0.383 e. The van der Waals surface area contributed by atoms with Crippen LogP contribution in [-0.2, 0) is 9.53 Å². The first-order valence-corrected chi connectivity index (χ1v) is 7.79. The summed E-state index contributed by atoms with van der Waals surface area (Å²) in [6, 6.07) is 0. The molecule has 0 heterocycles. The van der Waals surface area contributed by atoms with Crippen LogP contribution < -0.4 is 10.6 Å². The van der Waals surface area contributed by atoms with Crippen molar-refractivity contribution in [2.45, 2.75) is 51.4 Å². The minimum Gasteiger partial charge on any atom is -0.383 e. The maximum Gasteiger partial charge on any atom is 0.220 e. The van der Waals surface area contributed by atoms with Crippen LogP contribution in [0.5, 0.6) is 0 Å². The van der Waals surface area contributed by atoms with E-state index in [1.165, 1.54) is 38.5 Å². The molecule has 0 aliphatic heterocycles. The zero-order valence-electron chi connectivity index (χ0n) is 12.4. The van der Waals surface area contributed by atoms with Gasteiger partial charge in [-0.2, -0.15) is 0 Å². The number of amides is 1. The predicted octanol–water partition coefficient (Wildman–Crippen LogP) is 2.09. The van der Waals surface area contributed by atoms with Gasteiger partial charge in [0.15, 0.2) is 0 Å². The molecule has 4 heteroatoms. The van der Waals surface area contributed by atoms with Crippen LogP contribution in [0.4, 0.5) is 0 Å². The lowest BCUT2D eigenvalue weighted by Crippen LogP contribution is -2.32. The lowest BCUT2D eigenvalue weighted by molar-refractivity contribution is -0.121. The standard InChI is InChI=1S/C15H30N2O2/c1-19-13-12-16-10-11-17-15(18)9-5-8-14-6-3-2-4-7-14/h14,16H,2-13H2,1H3,(H,17,18). The molecule has 0 radical (unpaired) electrons. The molecular weight excluding hydrogens is 240 g/mol. The average Bonchev–Trinajstić information content (AvgIpc) is 2.44. The first kappa shape index (κ1) is 16.4. The van der Waals surface area contributed by atoms with Gasteiger partial charge in [-0.1, -0.05) is 32.1 Å². The van der Waals surface area contributed by atoms with Crippen molar-refractivity contribution in [3.8, 4) is 0 Å². The second-order valence-electron chi connectivity index (χ2n) is 5.49. The molecule has 0 unspecified atom stereocenters. The Morgan fingerprint density at radius 3 is 2.68 bits per heavy atom. The van der Waals surface area contributed by atoms with Gasteiger partial charge in [-0.25, -0.2) is 0 Å². The highest BCUT2D eigenvalue weighted by atomic mass is 16.5. The van der Waals surface area contributed by atoms with Crippen molar-refractivity contribution in [2.24, 2.45) is 5.92 Å². The molecule has 0 saturated heterocycles. The van der Waals surface area contributed by atoms with E-state index in [9.17, 15) is 4.79 Å². The normalized spacial score (nSPS) is 16.5. The number of ether oxygens (including phenoxy) is 1. The van der Waals surface area contributed by atoms with E-state index in [1.54, 1.807) is 7.11 Å². The monoisotopic (exact) mass is 270 g/mol. The average molecular weight is 270 g/mol. The quantitative estimate of drug-likeness (QED) is 0.598. The smallest absolute Gasteiger partial charge is 0.220 e. The summed E-state index contributed by atoms with van der Waals surface area (Å²) < 4.78 is 4.93. The van der Waals surface area contributed by atoms with Crippen LogP contribution in [-0.4, -0.2) is 39.3 Å². The van der Waals surface area contributed by atoms with Crippen molar-refractivity contribution in [3.05, 3.63) is 0 Å². The van der Waals surface area contributed by atoms with Crippen LogP contribution in [0.2, 0.25) is 0 Å². The summed E-state index contributed by atoms with van der Waals surface area (Å²) in [6.07, 6.45) is 9.93. The van der Waals surface area contributed by atoms with E-state index in [4.69, 9.17) is 4.74 Å². The van der Waals surface area contributed by atoms with Crippen LogP contribution in [0, 0.1) is 5.92 Å². The van der Waals surface area contributed by atoms with Gasteiger partial charge in [0.25, 0.3) is 0 Å². The molecule has 0 aromatic carbocycles. The van der Waals surface area contributed by atoms with Crippen molar-refractivity contribution in [1.29, 1.82) is 0 Å². The molecule has 112 valence electrons. The fraction of sp³-hybridized carbons (Fsp3) is 0.933. The minimum absolute atomic E-state index is 0.198. The molecular formula is C15H30N2O2. The summed E-state index contributed by atoms with van der Waals surface area (Å²) in [5, 5.41) is 6.16. The number of carbonyl (C=O) groups is 1. The highest BCUT2D eigenvalue weighted by molar-refractivity contribution is 5.75. The highest BCUT2D eigenvalue weighted by Gasteiger charge is 2.13. The molecule has 1 amide bonds. The Morgan fingerprint density at radius 1 is 1.16 bits per heavy atom. The second kappa shape index (κ2) is 11.2. The third kappa shape index (κ3) is 9.00. The summed E-state index contributed by atoms with van der Waals surface area (Å²) in [6.45, 7) is 3.09. The van der Waals surface area contributed by atoms with Gasteiger partial charge in [0, 0.05) is 33.2 Å². The van der Waals surface area contributed by atoms with Gasteiger partial charge < -0.3 is 15.4 Å². The predicted molar refractivity (Wildman–Crippen MR) is 78.2 cm³/mol. The molecule has 1 fully saturated rings. The molecule has 2 N–H and O–H groups in total. The van der Waals surface area contributed by atoms with Crippen LogP contribution >= 0.6 is 0 Å². The maximum atomic E-state index is 11.6. The first-order valence-electron chi connectivity index (χ1n) is 7.79. The Morgan fingerprint density at radius 2 is 1.95 bits per heavy atom. The van der Waals surface area contributed by atoms with Gasteiger partial charge in [0.1, 0.15) is 0 Å². The van der Waals surface area contributed by atoms with E-state index in [2.05, 4.69) is 10.6 Å². The van der Waals surface area contributed by atoms with E-state index in [-0.39, 0.29) is 5.91 Å². The third-order valence-corrected chi connectivity index (χ3v) is 3.85. The Balaban J connectivity index is 1.87. The zero-order valence-corrected chi connectivity index (χ0v) is 12.4. The van der Waals surface area contributed by atoms with Crippen LogP contribution in [0.3, 0.4) is 0 Å². The Bertz CT molecular complexity index is 228. The van der Waals surface area contributed by atoms with Crippen molar-refractivity contribution < 1.29 is 9.53 Å². The van der Waals surface area contributed by atoms with Gasteiger partial charge in [-0.15, -0.1) is 0 Å². The van der Waals surface area contributed by atoms with Crippen LogP contribution in [0.1, 0.15) is 51.4 Å². The Hall–Kier alpha value is -0.610. The Labute approximate surface area is 117 Å². The number of methoxy groups -OCH3 is 1. The van der Waals surface area contributed by atoms with Gasteiger partial charge in [0.05, 0.1) is 6.61 Å². The van der Waals surface area contributed by atoms with E-state index < -0.39 is 0 Å². The van der Waals surface area contributed by atoms with Crippen LogP contribution in [0.25, 0.3) is 0 Å². The van der Waals surface area contributed by atoms with Crippen molar-refractivity contribution in [1.82, 2.24) is 10.6 Å². The fourth-order valence-electron chi connectivity index (χ4n) is 2.71. The molecule has 1 aliphatic rings. The topological polar surface area (TPSA) is 50.4 Å². The summed E-state index contributed by atoms with van der Waals surface area (Å²) in [4.78, 5) is 11.6. The Kier molecular flexibility index (Phi) is 9.72. The lowest BCUT2D eigenvalue weighted by Gasteiger charge is -2.21. The van der Waals surface area contributed by atoms with Crippen molar-refractivity contribution in [3.63, 3.8) is 0 Å². The number of rotatable bonds is 10. The van der Waals surface area contributed by atoms with Gasteiger partial charge >= 0.3 is 0 Å². The fourth-order valence-corrected chi connectivity index (χ4v) is 2.71. The van der Waals surface area contributed by atoms with E-state index in [1.807, 2.05) is 0 Å². The zero-order chi connectivity index (χ0) is 13.8. The van der Waals surface area contributed by atoms with E-state index in [0.29, 0.717) is 13.0 Å². The van der Waals surface area contributed by atoms with Gasteiger partial charge in [-0.3, -0.25) is 4.79 Å². The number of carbonyl (C=O) groups excluding carboxylic acids is 1. The van der Waals surface area contributed by atoms with Crippen LogP contribution in [0.15, 0.2) is 0 Å². The summed E-state index contributed by atoms with van der Waals surface area (Å²) >= 11 is 0. The molecule has 19 heavy (non-hydrogen) atoms. The van der Waals surface area contributed by atoms with E-state index >= 15 is 0 Å². The maximum absolute atomic E-state index is 11.6. The molecule has 0 aromatic heterocycles. The second-order valence-corrected chi connectivity index (χ2v) is 5.49. The van der Waals surface area contributed by atoms with Gasteiger partial charge in [-0.05, 0) is 18.8 Å². The van der Waals surface area contributed by atoms with Crippen molar-refractivity contribution >= 4 is 5.91 Å². The molecule has 1 aliphatic carbocycles. The summed E-state index contributed by atoms with van der Waals surface area (Å²) in [5.74, 6) is 1.08. The molecule has 4 nitrogen and oxygen atoms in total. The minimum atomic E-state index is 0.198. The number of nitrogens with one attached hydrogen (secondary N) is 2. The molecule has 0 spiro atoms. The highest BCUT2D eigenvalue weighted by Crippen LogP contribution is 2.27. The lowest BCUT2D eigenvalue weighted by atomic mass is 9.86. The first-order chi connectivity index (χ1) is 9.33. The molecule has 0 aromatic rings. The summed E-state index contributed by atoms with van der Waals surface area (Å²) in [7, 11) is 1.69. The summed E-state index contributed by atoms with van der Waals surface area (Å²) in [5.41, 5.74) is 0. The van der Waals surface area contributed by atoms with Crippen molar-refractivity contribution in [2.75, 3.05) is 33.4 Å².